The number of nitrogens with zero attached hydrogens (tertiary/aromatic N) is 1. The van der Waals surface area contributed by atoms with Crippen LogP contribution in [0.4, 0.5) is 0 Å². The number of carboxylic acid groups (broad SMARTS) is 1. The maximum atomic E-state index is 13.1. The Balaban J connectivity index is 2.07. The Hall–Kier alpha value is -3.30. The first kappa shape index (κ1) is 24.3. The van der Waals surface area contributed by atoms with Crippen LogP contribution < -0.4 is 19.5 Å². The SMILES string of the molecule is CCN(CC)CCNCc1c(O)cc(C)c2c1Oc1c(C(=O)O)cc(OC)c(C)c1OC2=O. The van der Waals surface area contributed by atoms with E-state index < -0.39 is 11.9 Å². The van der Waals surface area contributed by atoms with E-state index in [1.54, 1.807) is 13.8 Å². The highest BCUT2D eigenvalue weighted by Crippen LogP contribution is 2.48. The predicted octanol–water partition coefficient (Wildman–Crippen LogP) is 3.47. The van der Waals surface area contributed by atoms with Crippen molar-refractivity contribution < 1.29 is 34.0 Å². The molecule has 33 heavy (non-hydrogen) atoms. The third-order valence-corrected chi connectivity index (χ3v) is 5.85. The number of aromatic hydroxyl groups is 1. The number of phenols is 1. The van der Waals surface area contributed by atoms with E-state index >= 15 is 0 Å². The molecule has 1 aliphatic rings. The Morgan fingerprint density at radius 1 is 1.12 bits per heavy atom. The lowest BCUT2D eigenvalue weighted by molar-refractivity contribution is 0.0685. The van der Waals surface area contributed by atoms with Crippen LogP contribution >= 0.6 is 0 Å². The number of carboxylic acids is 1. The van der Waals surface area contributed by atoms with E-state index in [0.717, 1.165) is 19.6 Å². The quantitative estimate of drug-likeness (QED) is 0.295. The molecule has 3 rings (SSSR count). The summed E-state index contributed by atoms with van der Waals surface area (Å²) in [6.45, 7) is 11.0. The molecule has 0 aromatic heterocycles. The minimum atomic E-state index is -1.26. The summed E-state index contributed by atoms with van der Waals surface area (Å²) >= 11 is 0. The number of ether oxygens (including phenoxy) is 3. The molecule has 0 spiro atoms. The van der Waals surface area contributed by atoms with Gasteiger partial charge >= 0.3 is 11.9 Å². The second kappa shape index (κ2) is 10.1. The van der Waals surface area contributed by atoms with E-state index in [1.807, 2.05) is 0 Å². The van der Waals surface area contributed by atoms with Crippen molar-refractivity contribution in [2.24, 2.45) is 0 Å². The van der Waals surface area contributed by atoms with Gasteiger partial charge in [0.05, 0.1) is 12.7 Å². The molecule has 0 radical (unpaired) electrons. The van der Waals surface area contributed by atoms with Crippen LogP contribution in [0.1, 0.15) is 51.3 Å². The first-order valence-electron chi connectivity index (χ1n) is 10.9. The fourth-order valence-corrected chi connectivity index (χ4v) is 3.89. The first-order chi connectivity index (χ1) is 15.7. The maximum absolute atomic E-state index is 13.1. The van der Waals surface area contributed by atoms with Crippen molar-refractivity contribution in [1.82, 2.24) is 10.2 Å². The minimum Gasteiger partial charge on any atom is -0.507 e. The Bertz CT molecular complexity index is 1080. The number of aryl methyl sites for hydroxylation is 1. The highest BCUT2D eigenvalue weighted by atomic mass is 16.6. The summed E-state index contributed by atoms with van der Waals surface area (Å²) in [5, 5.41) is 23.7. The van der Waals surface area contributed by atoms with Crippen LogP contribution in [0.3, 0.4) is 0 Å². The average molecular weight is 459 g/mol. The highest BCUT2D eigenvalue weighted by Gasteiger charge is 2.34. The van der Waals surface area contributed by atoms with E-state index in [9.17, 15) is 19.8 Å². The van der Waals surface area contributed by atoms with E-state index in [0.29, 0.717) is 23.2 Å². The average Bonchev–Trinajstić information content (AvgIpc) is 2.92. The number of aromatic carboxylic acids is 1. The molecule has 0 fully saturated rings. The summed E-state index contributed by atoms with van der Waals surface area (Å²) in [5.74, 6) is -1.81. The number of rotatable bonds is 9. The van der Waals surface area contributed by atoms with Gasteiger partial charge in [-0.05, 0) is 44.6 Å². The van der Waals surface area contributed by atoms with Crippen molar-refractivity contribution in [1.29, 1.82) is 0 Å². The van der Waals surface area contributed by atoms with Gasteiger partial charge in [0.2, 0.25) is 0 Å². The van der Waals surface area contributed by atoms with Gasteiger partial charge in [-0.25, -0.2) is 9.59 Å². The largest absolute Gasteiger partial charge is 0.507 e. The zero-order valence-corrected chi connectivity index (χ0v) is 19.6. The summed E-state index contributed by atoms with van der Waals surface area (Å²) < 4.78 is 16.9. The van der Waals surface area contributed by atoms with Crippen LogP contribution in [0.5, 0.6) is 28.7 Å². The lowest BCUT2D eigenvalue weighted by atomic mass is 10.0. The number of esters is 1. The fourth-order valence-electron chi connectivity index (χ4n) is 3.89. The highest BCUT2D eigenvalue weighted by molar-refractivity contribution is 6.00. The third-order valence-electron chi connectivity index (χ3n) is 5.85. The molecule has 2 aromatic carbocycles. The van der Waals surface area contributed by atoms with Gasteiger partial charge in [-0.15, -0.1) is 0 Å². The number of likely N-dealkylation sites (N-methyl/N-ethyl adjacent to an activating group) is 1. The summed E-state index contributed by atoms with van der Waals surface area (Å²) in [6.07, 6.45) is 0. The molecule has 9 nitrogen and oxygen atoms in total. The molecule has 3 N–H and O–H groups in total. The van der Waals surface area contributed by atoms with Gasteiger partial charge in [0.15, 0.2) is 17.2 Å². The topological polar surface area (TPSA) is 118 Å². The van der Waals surface area contributed by atoms with Crippen LogP contribution in [0, 0.1) is 13.8 Å². The molecule has 1 heterocycles. The van der Waals surface area contributed by atoms with Crippen molar-refractivity contribution >= 4 is 11.9 Å². The monoisotopic (exact) mass is 458 g/mol. The van der Waals surface area contributed by atoms with Crippen molar-refractivity contribution in [2.45, 2.75) is 34.2 Å². The van der Waals surface area contributed by atoms with Crippen molar-refractivity contribution in [3.63, 3.8) is 0 Å². The number of methoxy groups -OCH3 is 1. The normalized spacial score (nSPS) is 12.5. The molecular formula is C24H30N2O7. The van der Waals surface area contributed by atoms with Gasteiger partial charge in [0, 0.05) is 25.2 Å². The zero-order valence-electron chi connectivity index (χ0n) is 19.6. The summed E-state index contributed by atoms with van der Waals surface area (Å²) in [7, 11) is 1.40. The van der Waals surface area contributed by atoms with Crippen LogP contribution in [0.15, 0.2) is 12.1 Å². The number of phenolic OH excluding ortho intramolecular Hbond substituents is 1. The molecule has 0 bridgehead atoms. The second-order valence-electron chi connectivity index (χ2n) is 7.81. The standard InChI is InChI=1S/C24H30N2O7/c1-6-26(7-2)9-8-25-12-16-17(27)10-13(3)19-21(16)32-22-15(23(28)29)11-18(31-5)14(4)20(22)33-24(19)30/h10-11,25,27H,6-9,12H2,1-5H3,(H,28,29). The number of carbonyl (C=O) groups excluding carboxylic acids is 1. The Kier molecular flexibility index (Phi) is 7.45. The van der Waals surface area contributed by atoms with E-state index in [1.165, 1.54) is 19.2 Å². The van der Waals surface area contributed by atoms with E-state index in [2.05, 4.69) is 24.1 Å². The van der Waals surface area contributed by atoms with Crippen LogP contribution in [0.25, 0.3) is 0 Å². The number of benzene rings is 2. The maximum Gasteiger partial charge on any atom is 0.347 e. The predicted molar refractivity (Wildman–Crippen MR) is 122 cm³/mol. The molecular weight excluding hydrogens is 428 g/mol. The van der Waals surface area contributed by atoms with Gasteiger partial charge in [0.25, 0.3) is 0 Å². The Morgan fingerprint density at radius 2 is 1.82 bits per heavy atom. The van der Waals surface area contributed by atoms with Crippen molar-refractivity contribution in [3.8, 4) is 28.7 Å². The number of hydrogen-bond donors (Lipinski definition) is 3. The summed E-state index contributed by atoms with van der Waals surface area (Å²) in [5.41, 5.74) is 1.16. The first-order valence-corrected chi connectivity index (χ1v) is 10.9. The molecule has 9 heteroatoms. The molecule has 1 aliphatic heterocycles. The van der Waals surface area contributed by atoms with E-state index in [4.69, 9.17) is 14.2 Å². The minimum absolute atomic E-state index is 0.0210. The van der Waals surface area contributed by atoms with Crippen LogP contribution in [0.2, 0.25) is 0 Å². The van der Waals surface area contributed by atoms with Gasteiger partial charge < -0.3 is 34.6 Å². The van der Waals surface area contributed by atoms with Crippen molar-refractivity contribution in [3.05, 3.63) is 39.9 Å². The molecule has 0 saturated heterocycles. The van der Waals surface area contributed by atoms with Gasteiger partial charge in [-0.3, -0.25) is 0 Å². The molecule has 0 aliphatic carbocycles. The number of hydrogen-bond acceptors (Lipinski definition) is 8. The number of carbonyl (C=O) groups is 2. The second-order valence-corrected chi connectivity index (χ2v) is 7.81. The smallest absolute Gasteiger partial charge is 0.347 e. The molecule has 0 saturated carbocycles. The fraction of sp³-hybridized carbons (Fsp3) is 0.417. The molecule has 0 atom stereocenters. The van der Waals surface area contributed by atoms with Crippen LogP contribution in [-0.4, -0.2) is 60.3 Å². The lowest BCUT2D eigenvalue weighted by Gasteiger charge is -2.20. The zero-order chi connectivity index (χ0) is 24.3. The number of fused-ring (bicyclic) bond motifs is 2. The molecule has 0 amide bonds. The van der Waals surface area contributed by atoms with E-state index in [-0.39, 0.29) is 46.4 Å². The lowest BCUT2D eigenvalue weighted by Crippen LogP contribution is -2.31. The number of nitrogens with one attached hydrogen (secondary N) is 1. The Labute approximate surface area is 192 Å². The third kappa shape index (κ3) is 4.74. The molecule has 0 unspecified atom stereocenters. The summed E-state index contributed by atoms with van der Waals surface area (Å²) in [6, 6.07) is 2.80. The van der Waals surface area contributed by atoms with Crippen LogP contribution in [-0.2, 0) is 6.54 Å². The summed E-state index contributed by atoms with van der Waals surface area (Å²) in [4.78, 5) is 27.3. The van der Waals surface area contributed by atoms with Crippen molar-refractivity contribution in [2.75, 3.05) is 33.3 Å². The van der Waals surface area contributed by atoms with Gasteiger partial charge in [-0.2, -0.15) is 0 Å². The Morgan fingerprint density at radius 3 is 2.42 bits per heavy atom. The van der Waals surface area contributed by atoms with Gasteiger partial charge in [-0.1, -0.05) is 13.8 Å². The molecule has 2 aromatic rings. The van der Waals surface area contributed by atoms with Gasteiger partial charge in [0.1, 0.15) is 22.6 Å². The molecule has 178 valence electrons.